The summed E-state index contributed by atoms with van der Waals surface area (Å²) in [6, 6.07) is 8.30. The van der Waals surface area contributed by atoms with Crippen LogP contribution in [0.2, 0.25) is 15.8 Å². The Balaban J connectivity index is 0. The molecule has 17 heavy (non-hydrogen) atoms. The van der Waals surface area contributed by atoms with Crippen molar-refractivity contribution in [3.05, 3.63) is 35.9 Å². The zero-order valence-electron chi connectivity index (χ0n) is 11.1. The van der Waals surface area contributed by atoms with Gasteiger partial charge in [0, 0.05) is 27.3 Å². The molecule has 0 bridgehead atoms. The second-order valence-electron chi connectivity index (χ2n) is 3.48. The third kappa shape index (κ3) is 9.82. The summed E-state index contributed by atoms with van der Waals surface area (Å²) in [5.41, 5.74) is 0.331. The van der Waals surface area contributed by atoms with Gasteiger partial charge in [-0.15, -0.1) is 0 Å². The third-order valence-electron chi connectivity index (χ3n) is 2.52. The van der Waals surface area contributed by atoms with E-state index in [1.807, 2.05) is 0 Å². The molecule has 0 unspecified atom stereocenters. The Hall–Kier alpha value is 0.155. The molecular weight excluding hydrogens is 373 g/mol. The van der Waals surface area contributed by atoms with Crippen LogP contribution in [0.5, 0.6) is 0 Å². The van der Waals surface area contributed by atoms with Crippen molar-refractivity contribution in [2.75, 3.05) is 0 Å². The van der Waals surface area contributed by atoms with Crippen molar-refractivity contribution in [3.63, 3.8) is 0 Å². The van der Waals surface area contributed by atoms with Crippen molar-refractivity contribution in [3.8, 4) is 0 Å². The van der Waals surface area contributed by atoms with Gasteiger partial charge in [-0.05, 0) is 12.1 Å². The fraction of sp³-hybridized carbons (Fsp3) is 0.462. The number of carboxylic acid groups (broad SMARTS) is 1. The van der Waals surface area contributed by atoms with Crippen LogP contribution in [-0.2, 0) is 27.3 Å². The van der Waals surface area contributed by atoms with Crippen LogP contribution < -0.4 is 0 Å². The van der Waals surface area contributed by atoms with Crippen molar-refractivity contribution in [2.24, 2.45) is 0 Å². The molecule has 1 radical (unpaired) electrons. The first-order valence-electron chi connectivity index (χ1n) is 5.77. The van der Waals surface area contributed by atoms with E-state index >= 15 is 0 Å². The van der Waals surface area contributed by atoms with Gasteiger partial charge < -0.3 is 5.11 Å². The largest absolute Gasteiger partial charge is 0.478 e. The van der Waals surface area contributed by atoms with Crippen molar-refractivity contribution < 1.29 is 37.2 Å². The Kier molecular flexibility index (Phi) is 14.5. The number of hydrogen-bond donors (Lipinski definition) is 1. The summed E-state index contributed by atoms with van der Waals surface area (Å²) < 4.78 is 0. The van der Waals surface area contributed by atoms with Gasteiger partial charge in [-0.1, -0.05) is 18.2 Å². The molecule has 4 heteroatoms. The van der Waals surface area contributed by atoms with E-state index in [9.17, 15) is 4.79 Å². The van der Waals surface area contributed by atoms with Crippen LogP contribution in [0.25, 0.3) is 0 Å². The number of aromatic carboxylic acids is 1. The fourth-order valence-corrected chi connectivity index (χ4v) is 4.48. The summed E-state index contributed by atoms with van der Waals surface area (Å²) in [5, 5.41) is 12.9. The summed E-state index contributed by atoms with van der Waals surface area (Å²) in [7, 11) is 0. The van der Waals surface area contributed by atoms with Crippen LogP contribution in [0.15, 0.2) is 30.3 Å². The van der Waals surface area contributed by atoms with E-state index in [0.29, 0.717) is 5.56 Å². The smallest absolute Gasteiger partial charge is 0.335 e. The summed E-state index contributed by atoms with van der Waals surface area (Å²) in [4.78, 5) is 10.2. The first-order chi connectivity index (χ1) is 7.65. The van der Waals surface area contributed by atoms with Crippen LogP contribution in [0.3, 0.4) is 0 Å². The number of rotatable bonds is 4. The number of benzene rings is 1. The Bertz CT molecular complexity index is 281. The summed E-state index contributed by atoms with van der Waals surface area (Å²) >= 11 is -0.403. The molecule has 0 aliphatic rings. The van der Waals surface area contributed by atoms with Crippen molar-refractivity contribution in [1.82, 2.24) is 0 Å². The first-order valence-corrected chi connectivity index (χ1v) is 10.2. The Morgan fingerprint density at radius 1 is 1.06 bits per heavy atom. The van der Waals surface area contributed by atoms with E-state index in [4.69, 9.17) is 5.11 Å². The van der Waals surface area contributed by atoms with Crippen LogP contribution in [0, 0.1) is 0 Å². The maximum absolute atomic E-state index is 10.2. The van der Waals surface area contributed by atoms with E-state index in [1.54, 1.807) is 30.3 Å². The van der Waals surface area contributed by atoms with Gasteiger partial charge in [0.1, 0.15) is 0 Å². The van der Waals surface area contributed by atoms with Gasteiger partial charge in [-0.2, -0.15) is 0 Å². The monoisotopic (exact) mass is 397 g/mol. The zero-order valence-corrected chi connectivity index (χ0v) is 17.2. The SMILES string of the molecule is C[CH2][Ge]([CH2]C)[CH2]C.O=C(O)c1ccccc1.[Cd]. The predicted octanol–water partition coefficient (Wildman–Crippen LogP) is 3.92. The van der Waals surface area contributed by atoms with Gasteiger partial charge in [0.05, 0.1) is 5.56 Å². The van der Waals surface area contributed by atoms with Gasteiger partial charge in [-0.3, -0.25) is 0 Å². The van der Waals surface area contributed by atoms with Gasteiger partial charge in [-0.25, -0.2) is 4.79 Å². The Morgan fingerprint density at radius 2 is 1.47 bits per heavy atom. The number of hydrogen-bond acceptors (Lipinski definition) is 1. The topological polar surface area (TPSA) is 37.3 Å². The molecule has 0 fully saturated rings. The summed E-state index contributed by atoms with van der Waals surface area (Å²) in [5.74, 6) is -0.879. The molecule has 0 saturated heterocycles. The molecule has 2 nitrogen and oxygen atoms in total. The van der Waals surface area contributed by atoms with E-state index in [1.165, 1.54) is 15.8 Å². The average Bonchev–Trinajstić information content (AvgIpc) is 2.33. The molecule has 91 valence electrons. The summed E-state index contributed by atoms with van der Waals surface area (Å²) in [6.45, 7) is 7.01. The fourth-order valence-electron chi connectivity index (χ4n) is 1.33. The van der Waals surface area contributed by atoms with Gasteiger partial charge in [0.2, 0.25) is 0 Å². The van der Waals surface area contributed by atoms with E-state index in [2.05, 4.69) is 20.8 Å². The maximum Gasteiger partial charge on any atom is 0.335 e. The zero-order chi connectivity index (χ0) is 12.4. The maximum atomic E-state index is 10.2. The molecule has 1 aromatic carbocycles. The molecule has 0 aliphatic heterocycles. The molecule has 1 N–H and O–H groups in total. The van der Waals surface area contributed by atoms with Gasteiger partial charge in [0.25, 0.3) is 0 Å². The molecule has 0 spiro atoms. The minimum atomic E-state index is -0.879. The normalized spacial score (nSPS) is 8.94. The minimum Gasteiger partial charge on any atom is -0.478 e. The molecule has 0 amide bonds. The average molecular weight is 394 g/mol. The number of carbonyl (C=O) groups is 1. The quantitative estimate of drug-likeness (QED) is 0.786. The summed E-state index contributed by atoms with van der Waals surface area (Å²) in [6.07, 6.45) is 0. The van der Waals surface area contributed by atoms with Gasteiger partial charge in [0.15, 0.2) is 0 Å². The van der Waals surface area contributed by atoms with E-state index < -0.39 is 20.3 Å². The van der Waals surface area contributed by atoms with E-state index in [0.717, 1.165) is 0 Å². The minimum absolute atomic E-state index is 0. The second-order valence-corrected chi connectivity index (χ2v) is 11.1. The molecule has 0 saturated carbocycles. The van der Waals surface area contributed by atoms with E-state index in [-0.39, 0.29) is 27.3 Å². The van der Waals surface area contributed by atoms with Gasteiger partial charge >= 0.3 is 56.8 Å². The molecule has 1 aromatic rings. The van der Waals surface area contributed by atoms with Crippen LogP contribution in [-0.4, -0.2) is 25.4 Å². The molecule has 1 rings (SSSR count). The molecule has 0 aliphatic carbocycles. The van der Waals surface area contributed by atoms with Crippen LogP contribution in [0.1, 0.15) is 31.1 Å². The molecule has 0 heterocycles. The third-order valence-corrected chi connectivity index (χ3v) is 8.81. The molecule has 0 atom stereocenters. The van der Waals surface area contributed by atoms with Crippen molar-refractivity contribution in [2.45, 2.75) is 36.5 Å². The Labute approximate surface area is 129 Å². The Morgan fingerprint density at radius 3 is 1.65 bits per heavy atom. The first kappa shape index (κ1) is 19.5. The molecular formula is C13H21CdGeO2. The number of carboxylic acids is 1. The molecule has 0 aromatic heterocycles. The van der Waals surface area contributed by atoms with Crippen molar-refractivity contribution >= 4 is 20.3 Å². The standard InChI is InChI=1S/C7H6O2.C6H15Ge.Cd/c8-7(9)6-4-2-1-3-5-6;1-4-7(5-2)6-3;/h1-5H,(H,8,9);4-6H2,1-3H3;. The predicted molar refractivity (Wildman–Crippen MR) is 70.6 cm³/mol. The second kappa shape index (κ2) is 12.6. The van der Waals surface area contributed by atoms with Crippen molar-refractivity contribution in [1.29, 1.82) is 0 Å². The van der Waals surface area contributed by atoms with Crippen LogP contribution >= 0.6 is 0 Å². The van der Waals surface area contributed by atoms with Crippen LogP contribution in [0.4, 0.5) is 0 Å².